The van der Waals surface area contributed by atoms with Crippen molar-refractivity contribution < 1.29 is 14.7 Å². The first-order valence-electron chi connectivity index (χ1n) is 13.3. The first kappa shape index (κ1) is 28.8. The number of hydrogen-bond acceptors (Lipinski definition) is 6. The van der Waals surface area contributed by atoms with Gasteiger partial charge in [-0.05, 0) is 50.8 Å². The third-order valence-electron chi connectivity index (χ3n) is 6.52. The minimum Gasteiger partial charge on any atom is -0.392 e. The number of amides is 2. The van der Waals surface area contributed by atoms with E-state index < -0.39 is 6.10 Å². The Hall–Kier alpha value is -2.81. The number of rotatable bonds is 11. The molecule has 0 spiro atoms. The molecule has 8 heteroatoms. The highest BCUT2D eigenvalue weighted by molar-refractivity contribution is 5.82. The number of hydrogen-bond donors (Lipinski definition) is 3. The highest BCUT2D eigenvalue weighted by Gasteiger charge is 2.35. The van der Waals surface area contributed by atoms with Crippen LogP contribution in [-0.4, -0.2) is 81.6 Å². The van der Waals surface area contributed by atoms with E-state index in [1.807, 2.05) is 76.4 Å². The SMILES string of the molecule is CCC(=O)NC(Cc1ccccc1)C[C@H](O)CN1CCN(Cc2cccnc2)C[C@H]1C(=O)NC(C)(C)C. The summed E-state index contributed by atoms with van der Waals surface area (Å²) < 4.78 is 0. The van der Waals surface area contributed by atoms with E-state index >= 15 is 0 Å². The van der Waals surface area contributed by atoms with Crippen LogP contribution < -0.4 is 10.6 Å². The van der Waals surface area contributed by atoms with Crippen LogP contribution in [0.25, 0.3) is 0 Å². The zero-order chi connectivity index (χ0) is 26.8. The quantitative estimate of drug-likeness (QED) is 0.430. The van der Waals surface area contributed by atoms with Gasteiger partial charge in [-0.2, -0.15) is 0 Å². The van der Waals surface area contributed by atoms with Crippen molar-refractivity contribution in [1.82, 2.24) is 25.4 Å². The maximum absolute atomic E-state index is 13.3. The van der Waals surface area contributed by atoms with Gasteiger partial charge in [0, 0.05) is 63.1 Å². The van der Waals surface area contributed by atoms with E-state index in [4.69, 9.17) is 0 Å². The normalized spacial score (nSPS) is 18.7. The van der Waals surface area contributed by atoms with Crippen LogP contribution in [0.1, 0.15) is 51.7 Å². The molecule has 202 valence electrons. The number of benzene rings is 1. The van der Waals surface area contributed by atoms with Crippen LogP contribution >= 0.6 is 0 Å². The van der Waals surface area contributed by atoms with Crippen LogP contribution in [0.2, 0.25) is 0 Å². The summed E-state index contributed by atoms with van der Waals surface area (Å²) in [7, 11) is 0. The Balaban J connectivity index is 1.67. The van der Waals surface area contributed by atoms with Gasteiger partial charge in [0.1, 0.15) is 6.04 Å². The van der Waals surface area contributed by atoms with Gasteiger partial charge in [0.2, 0.25) is 11.8 Å². The Bertz CT molecular complexity index is 980. The molecule has 8 nitrogen and oxygen atoms in total. The number of nitrogens with one attached hydrogen (secondary N) is 2. The summed E-state index contributed by atoms with van der Waals surface area (Å²) in [6, 6.07) is 13.4. The van der Waals surface area contributed by atoms with Gasteiger partial charge in [0.05, 0.1) is 6.10 Å². The maximum Gasteiger partial charge on any atom is 0.239 e. The molecule has 2 aromatic rings. The molecule has 3 rings (SSSR count). The fraction of sp³-hybridized carbons (Fsp3) is 0.552. The number of nitrogens with zero attached hydrogens (tertiary/aromatic N) is 3. The lowest BCUT2D eigenvalue weighted by molar-refractivity contribution is -0.131. The standard InChI is InChI=1S/C29H43N5O3/c1-5-27(36)31-24(16-22-10-7-6-8-11-22)17-25(35)20-34-15-14-33(19-23-12-9-13-30-18-23)21-26(34)28(37)32-29(2,3)4/h6-13,18,24-26,35H,5,14-17,19-21H2,1-4H3,(H,31,36)(H,32,37)/t24?,25-,26-/m0/s1. The Morgan fingerprint density at radius 1 is 1.11 bits per heavy atom. The molecule has 0 radical (unpaired) electrons. The smallest absolute Gasteiger partial charge is 0.239 e. The van der Waals surface area contributed by atoms with Crippen LogP contribution in [0.4, 0.5) is 0 Å². The zero-order valence-corrected chi connectivity index (χ0v) is 22.7. The predicted octanol–water partition coefficient (Wildman–Crippen LogP) is 2.37. The number of piperazine rings is 1. The van der Waals surface area contributed by atoms with Gasteiger partial charge in [-0.15, -0.1) is 0 Å². The second-order valence-corrected chi connectivity index (χ2v) is 11.0. The van der Waals surface area contributed by atoms with Gasteiger partial charge in [-0.1, -0.05) is 43.3 Å². The molecule has 2 amide bonds. The van der Waals surface area contributed by atoms with Gasteiger partial charge in [-0.3, -0.25) is 24.4 Å². The lowest BCUT2D eigenvalue weighted by Gasteiger charge is -2.42. The summed E-state index contributed by atoms with van der Waals surface area (Å²) in [5, 5.41) is 17.3. The van der Waals surface area contributed by atoms with Gasteiger partial charge in [0.15, 0.2) is 0 Å². The Morgan fingerprint density at radius 2 is 1.84 bits per heavy atom. The second-order valence-electron chi connectivity index (χ2n) is 11.0. The van der Waals surface area contributed by atoms with Gasteiger partial charge >= 0.3 is 0 Å². The summed E-state index contributed by atoms with van der Waals surface area (Å²) >= 11 is 0. The molecule has 0 saturated carbocycles. The molecule has 3 atom stereocenters. The van der Waals surface area contributed by atoms with Crippen molar-refractivity contribution in [2.75, 3.05) is 26.2 Å². The average Bonchev–Trinajstić information content (AvgIpc) is 2.85. The van der Waals surface area contributed by atoms with Crippen molar-refractivity contribution in [3.05, 3.63) is 66.0 Å². The summed E-state index contributed by atoms with van der Waals surface area (Å²) in [4.78, 5) is 34.1. The minimum absolute atomic E-state index is 0.0282. The fourth-order valence-electron chi connectivity index (χ4n) is 4.79. The number of aliphatic hydroxyl groups is 1. The van der Waals surface area contributed by atoms with Gasteiger partial charge in [0.25, 0.3) is 0 Å². The molecule has 1 aliphatic heterocycles. The summed E-state index contributed by atoms with van der Waals surface area (Å²) in [5.74, 6) is -0.0599. The molecule has 1 aromatic heterocycles. The van der Waals surface area contributed by atoms with E-state index in [-0.39, 0.29) is 29.4 Å². The molecule has 1 saturated heterocycles. The topological polar surface area (TPSA) is 97.8 Å². The van der Waals surface area contributed by atoms with Gasteiger partial charge < -0.3 is 15.7 Å². The van der Waals surface area contributed by atoms with Crippen molar-refractivity contribution in [1.29, 1.82) is 0 Å². The molecule has 1 aliphatic rings. The second kappa shape index (κ2) is 13.7. The number of pyridine rings is 1. The predicted molar refractivity (Wildman–Crippen MR) is 146 cm³/mol. The molecule has 1 unspecified atom stereocenters. The van der Waals surface area contributed by atoms with Crippen LogP contribution in [0.5, 0.6) is 0 Å². The van der Waals surface area contributed by atoms with Crippen molar-refractivity contribution >= 4 is 11.8 Å². The lowest BCUT2D eigenvalue weighted by atomic mass is 9.99. The van der Waals surface area contributed by atoms with E-state index in [1.165, 1.54) is 0 Å². The third-order valence-corrected chi connectivity index (χ3v) is 6.52. The Labute approximate surface area is 221 Å². The molecule has 37 heavy (non-hydrogen) atoms. The molecular formula is C29H43N5O3. The number of aliphatic hydroxyl groups excluding tert-OH is 1. The van der Waals surface area contributed by atoms with Crippen LogP contribution in [0, 0.1) is 0 Å². The summed E-state index contributed by atoms with van der Waals surface area (Å²) in [6.45, 7) is 10.9. The zero-order valence-electron chi connectivity index (χ0n) is 22.7. The average molecular weight is 510 g/mol. The van der Waals surface area contributed by atoms with Crippen molar-refractivity contribution in [2.45, 2.75) is 77.2 Å². The monoisotopic (exact) mass is 509 g/mol. The van der Waals surface area contributed by atoms with Crippen LogP contribution in [-0.2, 0) is 22.6 Å². The van der Waals surface area contributed by atoms with Crippen LogP contribution in [0.3, 0.4) is 0 Å². The van der Waals surface area contributed by atoms with Crippen molar-refractivity contribution in [3.63, 3.8) is 0 Å². The first-order chi connectivity index (χ1) is 17.6. The van der Waals surface area contributed by atoms with E-state index in [0.29, 0.717) is 38.9 Å². The van der Waals surface area contributed by atoms with Gasteiger partial charge in [-0.25, -0.2) is 0 Å². The molecule has 0 bridgehead atoms. The highest BCUT2D eigenvalue weighted by Crippen LogP contribution is 2.17. The minimum atomic E-state index is -0.680. The van der Waals surface area contributed by atoms with E-state index in [1.54, 1.807) is 6.20 Å². The lowest BCUT2D eigenvalue weighted by Crippen LogP contribution is -2.62. The molecule has 0 aliphatic carbocycles. The van der Waals surface area contributed by atoms with E-state index in [9.17, 15) is 14.7 Å². The molecular weight excluding hydrogens is 466 g/mol. The van der Waals surface area contributed by atoms with E-state index in [2.05, 4.69) is 25.4 Å². The third kappa shape index (κ3) is 9.87. The summed E-state index contributed by atoms with van der Waals surface area (Å²) in [5.41, 5.74) is 1.88. The maximum atomic E-state index is 13.3. The van der Waals surface area contributed by atoms with Crippen molar-refractivity contribution in [3.8, 4) is 0 Å². The largest absolute Gasteiger partial charge is 0.392 e. The Morgan fingerprint density at radius 3 is 2.49 bits per heavy atom. The summed E-state index contributed by atoms with van der Waals surface area (Å²) in [6.07, 6.45) is 4.41. The molecule has 2 heterocycles. The number of carbonyl (C=O) groups is 2. The highest BCUT2D eigenvalue weighted by atomic mass is 16.3. The fourth-order valence-corrected chi connectivity index (χ4v) is 4.79. The Kier molecular flexibility index (Phi) is 10.6. The van der Waals surface area contributed by atoms with Crippen LogP contribution in [0.15, 0.2) is 54.9 Å². The molecule has 3 N–H and O–H groups in total. The molecule has 1 aromatic carbocycles. The number of aromatic nitrogens is 1. The van der Waals surface area contributed by atoms with Crippen molar-refractivity contribution in [2.24, 2.45) is 0 Å². The molecule has 1 fully saturated rings. The van der Waals surface area contributed by atoms with E-state index in [0.717, 1.165) is 24.2 Å². The number of carbonyl (C=O) groups excluding carboxylic acids is 2. The first-order valence-corrected chi connectivity index (χ1v) is 13.3. The number of β-amino-alcohol motifs (C(OH)–C–C–N with tert-alkyl or cyclic N) is 1.